The summed E-state index contributed by atoms with van der Waals surface area (Å²) in [6.07, 6.45) is 5.27. The Hall–Kier alpha value is -1.09. The summed E-state index contributed by atoms with van der Waals surface area (Å²) >= 11 is 0. The highest BCUT2D eigenvalue weighted by Gasteiger charge is 2.41. The molecule has 2 N–H and O–H groups in total. The molecule has 1 fully saturated rings. The summed E-state index contributed by atoms with van der Waals surface area (Å²) in [6.45, 7) is 0.778. The van der Waals surface area contributed by atoms with Crippen LogP contribution in [-0.4, -0.2) is 18.6 Å². The lowest BCUT2D eigenvalue weighted by Crippen LogP contribution is -2.18. The highest BCUT2D eigenvalue weighted by molar-refractivity contribution is 5.21. The van der Waals surface area contributed by atoms with E-state index in [1.807, 2.05) is 12.1 Å². The summed E-state index contributed by atoms with van der Waals surface area (Å²) in [4.78, 5) is 4.34. The number of rotatable bonds is 4. The van der Waals surface area contributed by atoms with Crippen molar-refractivity contribution in [3.8, 4) is 5.75 Å². The predicted molar refractivity (Wildman–Crippen MR) is 55.2 cm³/mol. The lowest BCUT2D eigenvalue weighted by atomic mass is 10.0. The highest BCUT2D eigenvalue weighted by Crippen LogP contribution is 2.46. The molecule has 0 spiro atoms. The van der Waals surface area contributed by atoms with Crippen molar-refractivity contribution in [2.45, 2.75) is 19.3 Å². The number of nitrogens with two attached hydrogens (primary N) is 1. The van der Waals surface area contributed by atoms with Crippen LogP contribution in [0.15, 0.2) is 18.3 Å². The Morgan fingerprint density at radius 1 is 1.50 bits per heavy atom. The molecule has 1 aliphatic rings. The molecular weight excluding hydrogens is 176 g/mol. The largest absolute Gasteiger partial charge is 0.495 e. The number of hydrogen-bond donors (Lipinski definition) is 1. The predicted octanol–water partition coefficient (Wildman–Crippen LogP) is 1.37. The van der Waals surface area contributed by atoms with E-state index >= 15 is 0 Å². The van der Waals surface area contributed by atoms with Crippen molar-refractivity contribution in [3.05, 3.63) is 24.0 Å². The second-order valence-electron chi connectivity index (χ2n) is 4.07. The Morgan fingerprint density at radius 2 is 2.29 bits per heavy atom. The molecule has 76 valence electrons. The minimum absolute atomic E-state index is 0.363. The summed E-state index contributed by atoms with van der Waals surface area (Å²) in [6, 6.07) is 3.98. The zero-order chi connectivity index (χ0) is 10.0. The fraction of sp³-hybridized carbons (Fsp3) is 0.545. The maximum Gasteiger partial charge on any atom is 0.137 e. The summed E-state index contributed by atoms with van der Waals surface area (Å²) in [5, 5.41) is 0. The molecule has 1 aromatic rings. The molecule has 0 aromatic carbocycles. The van der Waals surface area contributed by atoms with Gasteiger partial charge in [-0.2, -0.15) is 0 Å². The summed E-state index contributed by atoms with van der Waals surface area (Å²) in [5.41, 5.74) is 7.20. The molecule has 0 aliphatic heterocycles. The third-order valence-electron chi connectivity index (χ3n) is 2.98. The van der Waals surface area contributed by atoms with Gasteiger partial charge < -0.3 is 10.5 Å². The second kappa shape index (κ2) is 3.58. The first-order chi connectivity index (χ1) is 6.78. The third-order valence-corrected chi connectivity index (χ3v) is 2.98. The Bertz CT molecular complexity index is 304. The van der Waals surface area contributed by atoms with E-state index in [1.165, 1.54) is 12.8 Å². The topological polar surface area (TPSA) is 48.1 Å². The van der Waals surface area contributed by atoms with Crippen LogP contribution in [-0.2, 0) is 6.42 Å². The SMILES string of the molecule is COc1ccc(CC2(CN)CC2)nc1. The monoisotopic (exact) mass is 192 g/mol. The van der Waals surface area contributed by atoms with Crippen molar-refractivity contribution in [2.24, 2.45) is 11.1 Å². The molecule has 0 atom stereocenters. The van der Waals surface area contributed by atoms with Gasteiger partial charge in [0, 0.05) is 5.69 Å². The zero-order valence-electron chi connectivity index (χ0n) is 8.49. The van der Waals surface area contributed by atoms with Gasteiger partial charge in [-0.05, 0) is 43.4 Å². The van der Waals surface area contributed by atoms with Crippen LogP contribution in [0.5, 0.6) is 5.75 Å². The van der Waals surface area contributed by atoms with Gasteiger partial charge in [0.15, 0.2) is 0 Å². The quantitative estimate of drug-likeness (QED) is 0.783. The van der Waals surface area contributed by atoms with Crippen molar-refractivity contribution in [3.63, 3.8) is 0 Å². The van der Waals surface area contributed by atoms with Gasteiger partial charge in [0.2, 0.25) is 0 Å². The average Bonchev–Trinajstić information content (AvgIpc) is 3.00. The van der Waals surface area contributed by atoms with E-state index in [0.29, 0.717) is 5.41 Å². The van der Waals surface area contributed by atoms with Gasteiger partial charge in [-0.3, -0.25) is 4.98 Å². The van der Waals surface area contributed by atoms with Crippen LogP contribution in [0.1, 0.15) is 18.5 Å². The lowest BCUT2D eigenvalue weighted by molar-refractivity contribution is 0.412. The fourth-order valence-corrected chi connectivity index (χ4v) is 1.65. The van der Waals surface area contributed by atoms with Crippen LogP contribution in [0.25, 0.3) is 0 Å². The van der Waals surface area contributed by atoms with Crippen molar-refractivity contribution < 1.29 is 4.74 Å². The maximum absolute atomic E-state index is 5.72. The molecule has 14 heavy (non-hydrogen) atoms. The van der Waals surface area contributed by atoms with Crippen molar-refractivity contribution >= 4 is 0 Å². The van der Waals surface area contributed by atoms with Gasteiger partial charge in [0.25, 0.3) is 0 Å². The van der Waals surface area contributed by atoms with E-state index in [2.05, 4.69) is 4.98 Å². The third kappa shape index (κ3) is 1.87. The van der Waals surface area contributed by atoms with Crippen molar-refractivity contribution in [1.29, 1.82) is 0 Å². The van der Waals surface area contributed by atoms with E-state index < -0.39 is 0 Å². The summed E-state index contributed by atoms with van der Waals surface area (Å²) in [7, 11) is 1.65. The van der Waals surface area contributed by atoms with Crippen molar-refractivity contribution in [2.75, 3.05) is 13.7 Å². The van der Waals surface area contributed by atoms with Crippen LogP contribution < -0.4 is 10.5 Å². The minimum Gasteiger partial charge on any atom is -0.495 e. The molecule has 1 saturated carbocycles. The summed E-state index contributed by atoms with van der Waals surface area (Å²) < 4.78 is 5.05. The zero-order valence-corrected chi connectivity index (χ0v) is 8.49. The molecule has 3 heteroatoms. The van der Waals surface area contributed by atoms with Crippen LogP contribution >= 0.6 is 0 Å². The molecule has 1 aliphatic carbocycles. The van der Waals surface area contributed by atoms with Crippen LogP contribution in [0.3, 0.4) is 0 Å². The van der Waals surface area contributed by atoms with Crippen molar-refractivity contribution in [1.82, 2.24) is 4.98 Å². The normalized spacial score (nSPS) is 17.9. The molecule has 0 bridgehead atoms. The van der Waals surface area contributed by atoms with Gasteiger partial charge in [-0.25, -0.2) is 0 Å². The molecule has 2 rings (SSSR count). The standard InChI is InChI=1S/C11H16N2O/c1-14-10-3-2-9(13-7-10)6-11(8-12)4-5-11/h2-3,7H,4-6,8,12H2,1H3. The van der Waals surface area contributed by atoms with Crippen LogP contribution in [0.4, 0.5) is 0 Å². The number of nitrogens with zero attached hydrogens (tertiary/aromatic N) is 1. The number of hydrogen-bond acceptors (Lipinski definition) is 3. The average molecular weight is 192 g/mol. The first-order valence-electron chi connectivity index (χ1n) is 4.97. The molecule has 0 saturated heterocycles. The molecule has 1 aromatic heterocycles. The van der Waals surface area contributed by atoms with Gasteiger partial charge in [0.05, 0.1) is 13.3 Å². The van der Waals surface area contributed by atoms with Gasteiger partial charge in [0.1, 0.15) is 5.75 Å². The molecule has 3 nitrogen and oxygen atoms in total. The second-order valence-corrected chi connectivity index (χ2v) is 4.07. The Labute approximate surface area is 84.3 Å². The molecular formula is C11H16N2O. The first kappa shape index (κ1) is 9.46. The van der Waals surface area contributed by atoms with E-state index in [4.69, 9.17) is 10.5 Å². The molecule has 1 heterocycles. The molecule has 0 radical (unpaired) electrons. The number of ether oxygens (including phenoxy) is 1. The Kier molecular flexibility index (Phi) is 2.42. The molecule has 0 unspecified atom stereocenters. The number of pyridine rings is 1. The first-order valence-corrected chi connectivity index (χ1v) is 4.97. The minimum atomic E-state index is 0.363. The van der Waals surface area contributed by atoms with Crippen LogP contribution in [0, 0.1) is 5.41 Å². The van der Waals surface area contributed by atoms with Gasteiger partial charge in [-0.15, -0.1) is 0 Å². The van der Waals surface area contributed by atoms with E-state index in [9.17, 15) is 0 Å². The molecule has 0 amide bonds. The van der Waals surface area contributed by atoms with Gasteiger partial charge in [-0.1, -0.05) is 0 Å². The van der Waals surface area contributed by atoms with Crippen LogP contribution in [0.2, 0.25) is 0 Å². The lowest BCUT2D eigenvalue weighted by Gasteiger charge is -2.11. The van der Waals surface area contributed by atoms with E-state index in [1.54, 1.807) is 13.3 Å². The number of aromatic nitrogens is 1. The Morgan fingerprint density at radius 3 is 2.71 bits per heavy atom. The maximum atomic E-state index is 5.72. The van der Waals surface area contributed by atoms with Gasteiger partial charge >= 0.3 is 0 Å². The summed E-state index contributed by atoms with van der Waals surface area (Å²) in [5.74, 6) is 0.811. The smallest absolute Gasteiger partial charge is 0.137 e. The van der Waals surface area contributed by atoms with E-state index in [-0.39, 0.29) is 0 Å². The fourth-order valence-electron chi connectivity index (χ4n) is 1.65. The highest BCUT2D eigenvalue weighted by atomic mass is 16.5. The number of methoxy groups -OCH3 is 1. The Balaban J connectivity index is 2.03. The van der Waals surface area contributed by atoms with E-state index in [0.717, 1.165) is 24.4 Å².